The van der Waals surface area contributed by atoms with Gasteiger partial charge in [-0.2, -0.15) is 0 Å². The molecule has 0 aliphatic heterocycles. The van der Waals surface area contributed by atoms with Crippen LogP contribution in [0.3, 0.4) is 0 Å². The Morgan fingerprint density at radius 2 is 1.95 bits per heavy atom. The molecular weight excluding hydrogens is 258 g/mol. The second kappa shape index (κ2) is 7.10. The molecule has 1 rings (SSSR count). The lowest BCUT2D eigenvalue weighted by Gasteiger charge is -2.20. The number of ether oxygens (including phenoxy) is 1. The van der Waals surface area contributed by atoms with Crippen LogP contribution in [0.5, 0.6) is 0 Å². The molecule has 0 radical (unpaired) electrons. The maximum atomic E-state index is 5.07. The highest BCUT2D eigenvalue weighted by Gasteiger charge is 2.20. The fourth-order valence-electron chi connectivity index (χ4n) is 1.59. The number of methoxy groups -OCH3 is 1. The fourth-order valence-corrected chi connectivity index (χ4v) is 2.51. The van der Waals surface area contributed by atoms with E-state index < -0.39 is 0 Å². The molecule has 0 fully saturated rings. The van der Waals surface area contributed by atoms with Crippen LogP contribution < -0.4 is 5.32 Å². The molecule has 0 aromatic carbocycles. The number of anilines is 1. The molecule has 4 nitrogen and oxygen atoms in total. The minimum atomic E-state index is -0.0405. The van der Waals surface area contributed by atoms with Gasteiger partial charge in [-0.1, -0.05) is 20.8 Å². The van der Waals surface area contributed by atoms with Gasteiger partial charge >= 0.3 is 0 Å². The topological polar surface area (TPSA) is 47.0 Å². The summed E-state index contributed by atoms with van der Waals surface area (Å²) in [5.41, 5.74) is 1.08. The maximum Gasteiger partial charge on any atom is 0.137 e. The van der Waals surface area contributed by atoms with Crippen LogP contribution >= 0.6 is 11.8 Å². The van der Waals surface area contributed by atoms with Crippen molar-refractivity contribution in [3.63, 3.8) is 0 Å². The van der Waals surface area contributed by atoms with Crippen LogP contribution in [-0.4, -0.2) is 36.5 Å². The lowest BCUT2D eigenvalue weighted by Crippen LogP contribution is -2.18. The number of thioether (sulfide) groups is 1. The molecule has 1 heterocycles. The Bertz CT molecular complexity index is 416. The van der Waals surface area contributed by atoms with Gasteiger partial charge in [-0.05, 0) is 13.3 Å². The number of rotatable bonds is 6. The van der Waals surface area contributed by atoms with E-state index in [-0.39, 0.29) is 5.41 Å². The molecule has 0 atom stereocenters. The zero-order valence-corrected chi connectivity index (χ0v) is 13.6. The Morgan fingerprint density at radius 1 is 1.26 bits per heavy atom. The summed E-state index contributed by atoms with van der Waals surface area (Å²) in [6, 6.07) is 0. The van der Waals surface area contributed by atoms with Crippen molar-refractivity contribution >= 4 is 17.6 Å². The van der Waals surface area contributed by atoms with E-state index >= 15 is 0 Å². The lowest BCUT2D eigenvalue weighted by molar-refractivity contribution is 0.200. The normalized spacial score (nSPS) is 11.7. The van der Waals surface area contributed by atoms with Crippen molar-refractivity contribution in [3.8, 4) is 0 Å². The van der Waals surface area contributed by atoms with Crippen molar-refractivity contribution < 1.29 is 4.74 Å². The van der Waals surface area contributed by atoms with E-state index in [2.05, 4.69) is 38.0 Å². The Morgan fingerprint density at radius 3 is 2.47 bits per heavy atom. The van der Waals surface area contributed by atoms with Gasteiger partial charge in [0, 0.05) is 37.5 Å². The quantitative estimate of drug-likeness (QED) is 0.493. The second-order valence-corrected chi connectivity index (χ2v) is 6.60. The number of hydrogen-bond acceptors (Lipinski definition) is 5. The molecule has 0 saturated carbocycles. The van der Waals surface area contributed by atoms with Crippen LogP contribution in [0.4, 0.5) is 5.82 Å². The van der Waals surface area contributed by atoms with Crippen LogP contribution in [-0.2, 0) is 10.2 Å². The van der Waals surface area contributed by atoms with Crippen molar-refractivity contribution in [1.29, 1.82) is 0 Å². The maximum absolute atomic E-state index is 5.07. The zero-order valence-electron chi connectivity index (χ0n) is 12.8. The third kappa shape index (κ3) is 4.66. The molecule has 0 amide bonds. The van der Waals surface area contributed by atoms with Gasteiger partial charge in [0.2, 0.25) is 0 Å². The first kappa shape index (κ1) is 16.2. The molecule has 0 unspecified atom stereocenters. The molecule has 1 aromatic heterocycles. The molecule has 5 heteroatoms. The Balaban J connectivity index is 2.95. The first-order chi connectivity index (χ1) is 8.90. The van der Waals surface area contributed by atoms with E-state index in [0.717, 1.165) is 41.0 Å². The van der Waals surface area contributed by atoms with Gasteiger partial charge in [0.15, 0.2) is 0 Å². The van der Waals surface area contributed by atoms with Gasteiger partial charge in [-0.15, -0.1) is 11.8 Å². The van der Waals surface area contributed by atoms with Gasteiger partial charge in [0.25, 0.3) is 0 Å². The van der Waals surface area contributed by atoms with Gasteiger partial charge in [0.1, 0.15) is 16.7 Å². The molecule has 0 spiro atoms. The standard InChI is InChI=1S/C14H25N3OS/c1-10-11(15-5)16-13(14(2,3)4)17-12(10)19-9-7-8-18-6/h7-9H2,1-6H3,(H,15,16,17). The summed E-state index contributed by atoms with van der Waals surface area (Å²) in [5, 5.41) is 4.23. The molecule has 1 N–H and O–H groups in total. The van der Waals surface area contributed by atoms with E-state index in [1.165, 1.54) is 0 Å². The average Bonchev–Trinajstić information content (AvgIpc) is 2.35. The van der Waals surface area contributed by atoms with Crippen LogP contribution in [0.1, 0.15) is 38.6 Å². The van der Waals surface area contributed by atoms with Crippen LogP contribution in [0.2, 0.25) is 0 Å². The van der Waals surface area contributed by atoms with E-state index in [1.54, 1.807) is 18.9 Å². The highest BCUT2D eigenvalue weighted by molar-refractivity contribution is 7.99. The summed E-state index contributed by atoms with van der Waals surface area (Å²) in [6.07, 6.45) is 1.03. The number of aromatic nitrogens is 2. The van der Waals surface area contributed by atoms with Crippen LogP contribution in [0.15, 0.2) is 5.03 Å². The van der Waals surface area contributed by atoms with Crippen molar-refractivity contribution in [2.45, 2.75) is 44.6 Å². The molecule has 19 heavy (non-hydrogen) atoms. The number of nitrogens with zero attached hydrogens (tertiary/aromatic N) is 2. The second-order valence-electron chi connectivity index (χ2n) is 5.52. The van der Waals surface area contributed by atoms with E-state index in [9.17, 15) is 0 Å². The summed E-state index contributed by atoms with van der Waals surface area (Å²) in [4.78, 5) is 9.33. The molecule has 108 valence electrons. The Kier molecular flexibility index (Phi) is 6.07. The number of hydrogen-bond donors (Lipinski definition) is 1. The fraction of sp³-hybridized carbons (Fsp3) is 0.714. The summed E-state index contributed by atoms with van der Waals surface area (Å²) in [5.74, 6) is 2.82. The average molecular weight is 283 g/mol. The summed E-state index contributed by atoms with van der Waals surface area (Å²) < 4.78 is 5.07. The summed E-state index contributed by atoms with van der Waals surface area (Å²) in [6.45, 7) is 9.27. The van der Waals surface area contributed by atoms with Crippen LogP contribution in [0.25, 0.3) is 0 Å². The monoisotopic (exact) mass is 283 g/mol. The van der Waals surface area contributed by atoms with E-state index in [4.69, 9.17) is 9.72 Å². The minimum absolute atomic E-state index is 0.0405. The third-order valence-electron chi connectivity index (χ3n) is 2.74. The molecule has 0 aliphatic carbocycles. The molecular formula is C14H25N3OS. The molecule has 0 aliphatic rings. The van der Waals surface area contributed by atoms with Crippen molar-refractivity contribution in [1.82, 2.24) is 9.97 Å². The SMILES string of the molecule is CNc1nc(C(C)(C)C)nc(SCCCOC)c1C. The summed E-state index contributed by atoms with van der Waals surface area (Å²) >= 11 is 1.78. The first-order valence-electron chi connectivity index (χ1n) is 6.58. The number of nitrogens with one attached hydrogen (secondary N) is 1. The molecule has 0 bridgehead atoms. The molecule has 0 saturated heterocycles. The third-order valence-corrected chi connectivity index (χ3v) is 3.90. The van der Waals surface area contributed by atoms with Crippen molar-refractivity contribution in [3.05, 3.63) is 11.4 Å². The highest BCUT2D eigenvalue weighted by Crippen LogP contribution is 2.29. The first-order valence-corrected chi connectivity index (χ1v) is 7.57. The van der Waals surface area contributed by atoms with Gasteiger partial charge < -0.3 is 10.1 Å². The predicted octanol–water partition coefficient (Wildman–Crippen LogP) is 3.25. The minimum Gasteiger partial charge on any atom is -0.385 e. The lowest BCUT2D eigenvalue weighted by atomic mass is 9.95. The Labute approximate surface area is 120 Å². The smallest absolute Gasteiger partial charge is 0.137 e. The highest BCUT2D eigenvalue weighted by atomic mass is 32.2. The Hall–Kier alpha value is -0.810. The summed E-state index contributed by atoms with van der Waals surface area (Å²) in [7, 11) is 3.64. The van der Waals surface area contributed by atoms with Crippen molar-refractivity contribution in [2.24, 2.45) is 0 Å². The predicted molar refractivity (Wildman–Crippen MR) is 82.2 cm³/mol. The molecule has 1 aromatic rings. The van der Waals surface area contributed by atoms with Crippen LogP contribution in [0, 0.1) is 6.92 Å². The van der Waals surface area contributed by atoms with Gasteiger partial charge in [-0.3, -0.25) is 0 Å². The van der Waals surface area contributed by atoms with Gasteiger partial charge in [0.05, 0.1) is 0 Å². The zero-order chi connectivity index (χ0) is 14.5. The van der Waals surface area contributed by atoms with E-state index in [0.29, 0.717) is 0 Å². The van der Waals surface area contributed by atoms with Gasteiger partial charge in [-0.25, -0.2) is 9.97 Å². The largest absolute Gasteiger partial charge is 0.385 e. The van der Waals surface area contributed by atoms with E-state index in [1.807, 2.05) is 7.05 Å². The van der Waals surface area contributed by atoms with Crippen molar-refractivity contribution in [2.75, 3.05) is 31.8 Å².